The lowest BCUT2D eigenvalue weighted by Gasteiger charge is -2.03. The predicted octanol–water partition coefficient (Wildman–Crippen LogP) is 1.87. The van der Waals surface area contributed by atoms with Crippen LogP contribution in [0.4, 0.5) is 0 Å². The number of hydrogen-bond acceptors (Lipinski definition) is 4. The lowest BCUT2D eigenvalue weighted by Crippen LogP contribution is -2.26. The van der Waals surface area contributed by atoms with Gasteiger partial charge in [-0.2, -0.15) is 0 Å². The quantitative estimate of drug-likeness (QED) is 0.856. The Kier molecular flexibility index (Phi) is 5.45. The molecule has 110 valence electrons. The number of thiazole rings is 1. The molecule has 5 nitrogen and oxygen atoms in total. The van der Waals surface area contributed by atoms with Crippen LogP contribution in [0, 0.1) is 0 Å². The Morgan fingerprint density at radius 1 is 1.14 bits per heavy atom. The van der Waals surface area contributed by atoms with Crippen molar-refractivity contribution in [2.75, 3.05) is 13.1 Å². The van der Waals surface area contributed by atoms with E-state index in [1.54, 1.807) is 5.38 Å². The van der Waals surface area contributed by atoms with E-state index in [1.807, 2.05) is 37.3 Å². The summed E-state index contributed by atoms with van der Waals surface area (Å²) in [6, 6.07) is 9.93. The van der Waals surface area contributed by atoms with Crippen LogP contribution in [0.2, 0.25) is 0 Å². The van der Waals surface area contributed by atoms with Crippen molar-refractivity contribution >= 4 is 23.2 Å². The second kappa shape index (κ2) is 7.54. The van der Waals surface area contributed by atoms with Crippen LogP contribution in [0.25, 0.3) is 0 Å². The topological polar surface area (TPSA) is 71.1 Å². The fraction of sp³-hybridized carbons (Fsp3) is 0.267. The van der Waals surface area contributed by atoms with Gasteiger partial charge in [0, 0.05) is 18.5 Å². The zero-order valence-corrected chi connectivity index (χ0v) is 12.6. The van der Waals surface area contributed by atoms with E-state index in [4.69, 9.17) is 0 Å². The maximum absolute atomic E-state index is 11.9. The first-order valence-electron chi connectivity index (χ1n) is 6.76. The van der Waals surface area contributed by atoms with Crippen molar-refractivity contribution in [3.8, 4) is 0 Å². The zero-order chi connectivity index (χ0) is 15.1. The number of carbonyl (C=O) groups excluding carboxylic acids is 2. The molecule has 0 aliphatic heterocycles. The third kappa shape index (κ3) is 4.39. The highest BCUT2D eigenvalue weighted by Gasteiger charge is 2.14. The Morgan fingerprint density at radius 2 is 1.90 bits per heavy atom. The summed E-state index contributed by atoms with van der Waals surface area (Å²) in [5.41, 5.74) is 1.45. The average Bonchev–Trinajstić information content (AvgIpc) is 2.98. The summed E-state index contributed by atoms with van der Waals surface area (Å²) < 4.78 is 0. The summed E-state index contributed by atoms with van der Waals surface area (Å²) in [5.74, 6) is -0.497. The molecule has 1 aromatic carbocycles. The van der Waals surface area contributed by atoms with Gasteiger partial charge >= 0.3 is 0 Å². The minimum atomic E-state index is -0.252. The molecular formula is C15H17N3O2S. The van der Waals surface area contributed by atoms with E-state index in [0.29, 0.717) is 18.1 Å². The molecule has 6 heteroatoms. The third-order valence-electron chi connectivity index (χ3n) is 2.81. The lowest BCUT2D eigenvalue weighted by molar-refractivity contribution is 0.0949. The van der Waals surface area contributed by atoms with Gasteiger partial charge < -0.3 is 10.6 Å². The van der Waals surface area contributed by atoms with Gasteiger partial charge in [0.2, 0.25) is 0 Å². The van der Waals surface area contributed by atoms with Crippen molar-refractivity contribution in [3.63, 3.8) is 0 Å². The summed E-state index contributed by atoms with van der Waals surface area (Å²) in [4.78, 5) is 27.6. The van der Waals surface area contributed by atoms with Gasteiger partial charge in [-0.05, 0) is 18.9 Å². The molecule has 0 saturated heterocycles. The van der Waals surface area contributed by atoms with Crippen LogP contribution in [-0.4, -0.2) is 29.9 Å². The maximum atomic E-state index is 11.9. The first-order valence-corrected chi connectivity index (χ1v) is 7.64. The minimum absolute atomic E-state index is 0.245. The standard InChI is InChI=1S/C15H17N3O2S/c1-2-16-14(20)15-18-12(10-21-15)13(19)17-9-8-11-6-4-3-5-7-11/h3-7,10H,2,8-9H2,1H3,(H,16,20)(H,17,19). The number of benzene rings is 1. The summed E-state index contributed by atoms with van der Waals surface area (Å²) in [7, 11) is 0. The Morgan fingerprint density at radius 3 is 2.62 bits per heavy atom. The van der Waals surface area contributed by atoms with Gasteiger partial charge in [0.05, 0.1) is 0 Å². The minimum Gasteiger partial charge on any atom is -0.350 e. The highest BCUT2D eigenvalue weighted by atomic mass is 32.1. The van der Waals surface area contributed by atoms with E-state index >= 15 is 0 Å². The predicted molar refractivity (Wildman–Crippen MR) is 82.6 cm³/mol. The molecule has 0 spiro atoms. The summed E-state index contributed by atoms with van der Waals surface area (Å²) >= 11 is 1.17. The van der Waals surface area contributed by atoms with E-state index in [-0.39, 0.29) is 17.5 Å². The van der Waals surface area contributed by atoms with Crippen LogP contribution in [-0.2, 0) is 6.42 Å². The van der Waals surface area contributed by atoms with Crippen molar-refractivity contribution in [2.45, 2.75) is 13.3 Å². The lowest BCUT2D eigenvalue weighted by atomic mass is 10.1. The first kappa shape index (κ1) is 15.2. The van der Waals surface area contributed by atoms with E-state index in [2.05, 4.69) is 15.6 Å². The number of hydrogen-bond donors (Lipinski definition) is 2. The second-order valence-electron chi connectivity index (χ2n) is 4.39. The SMILES string of the molecule is CCNC(=O)c1nc(C(=O)NCCc2ccccc2)cs1. The maximum Gasteiger partial charge on any atom is 0.280 e. The molecule has 0 aliphatic rings. The smallest absolute Gasteiger partial charge is 0.280 e. The van der Waals surface area contributed by atoms with Gasteiger partial charge in [-0.15, -0.1) is 11.3 Å². The van der Waals surface area contributed by atoms with Crippen molar-refractivity contribution in [2.24, 2.45) is 0 Å². The van der Waals surface area contributed by atoms with Crippen molar-refractivity contribution in [3.05, 3.63) is 52.0 Å². The largest absolute Gasteiger partial charge is 0.350 e. The summed E-state index contributed by atoms with van der Waals surface area (Å²) in [6.45, 7) is 2.91. The van der Waals surface area contributed by atoms with Crippen LogP contribution >= 0.6 is 11.3 Å². The third-order valence-corrected chi connectivity index (χ3v) is 3.65. The molecule has 2 N–H and O–H groups in total. The number of carbonyl (C=O) groups is 2. The Balaban J connectivity index is 1.85. The Labute approximate surface area is 127 Å². The summed E-state index contributed by atoms with van der Waals surface area (Å²) in [6.07, 6.45) is 0.764. The number of rotatable bonds is 6. The van der Waals surface area contributed by atoms with Gasteiger partial charge in [0.1, 0.15) is 5.69 Å². The van der Waals surface area contributed by atoms with Crippen molar-refractivity contribution < 1.29 is 9.59 Å². The Hall–Kier alpha value is -2.21. The molecule has 0 aliphatic carbocycles. The number of nitrogens with zero attached hydrogens (tertiary/aromatic N) is 1. The molecule has 1 heterocycles. The zero-order valence-electron chi connectivity index (χ0n) is 11.8. The fourth-order valence-corrected chi connectivity index (χ4v) is 2.49. The molecule has 0 bridgehead atoms. The number of amides is 2. The van der Waals surface area contributed by atoms with Crippen LogP contribution in [0.1, 0.15) is 32.8 Å². The molecule has 2 aromatic rings. The van der Waals surface area contributed by atoms with Gasteiger partial charge in [0.25, 0.3) is 11.8 Å². The van der Waals surface area contributed by atoms with Gasteiger partial charge in [-0.3, -0.25) is 9.59 Å². The highest BCUT2D eigenvalue weighted by molar-refractivity contribution is 7.11. The van der Waals surface area contributed by atoms with Crippen molar-refractivity contribution in [1.29, 1.82) is 0 Å². The van der Waals surface area contributed by atoms with Crippen LogP contribution in [0.3, 0.4) is 0 Å². The molecule has 0 fully saturated rings. The molecule has 2 amide bonds. The summed E-state index contributed by atoms with van der Waals surface area (Å²) in [5, 5.41) is 7.37. The monoisotopic (exact) mass is 303 g/mol. The molecule has 1 aromatic heterocycles. The second-order valence-corrected chi connectivity index (χ2v) is 5.25. The molecule has 0 atom stereocenters. The van der Waals surface area contributed by atoms with E-state index in [9.17, 15) is 9.59 Å². The van der Waals surface area contributed by atoms with Crippen LogP contribution in [0.5, 0.6) is 0 Å². The molecule has 0 unspecified atom stereocenters. The van der Waals surface area contributed by atoms with Crippen LogP contribution < -0.4 is 10.6 Å². The van der Waals surface area contributed by atoms with E-state index < -0.39 is 0 Å². The molecular weight excluding hydrogens is 286 g/mol. The normalized spacial score (nSPS) is 10.1. The number of nitrogens with one attached hydrogen (secondary N) is 2. The Bertz CT molecular complexity index is 610. The van der Waals surface area contributed by atoms with Gasteiger partial charge in [-0.1, -0.05) is 30.3 Å². The fourth-order valence-electron chi connectivity index (χ4n) is 1.77. The first-order chi connectivity index (χ1) is 10.2. The average molecular weight is 303 g/mol. The molecule has 0 saturated carbocycles. The van der Waals surface area contributed by atoms with E-state index in [0.717, 1.165) is 6.42 Å². The van der Waals surface area contributed by atoms with Crippen molar-refractivity contribution in [1.82, 2.24) is 15.6 Å². The molecule has 0 radical (unpaired) electrons. The number of aromatic nitrogens is 1. The van der Waals surface area contributed by atoms with Gasteiger partial charge in [-0.25, -0.2) is 4.98 Å². The van der Waals surface area contributed by atoms with Gasteiger partial charge in [0.15, 0.2) is 5.01 Å². The van der Waals surface area contributed by atoms with Crippen LogP contribution in [0.15, 0.2) is 35.7 Å². The van der Waals surface area contributed by atoms with E-state index in [1.165, 1.54) is 16.9 Å². The molecule has 2 rings (SSSR count). The molecule has 21 heavy (non-hydrogen) atoms. The highest BCUT2D eigenvalue weighted by Crippen LogP contribution is 2.09.